The number of nitriles is 1. The summed E-state index contributed by atoms with van der Waals surface area (Å²) in [5, 5.41) is 16.9. The molecule has 0 saturated heterocycles. The van der Waals surface area contributed by atoms with E-state index in [2.05, 4.69) is 21.3 Å². The normalized spacial score (nSPS) is 15.8. The molecule has 0 aliphatic carbocycles. The predicted octanol–water partition coefficient (Wildman–Crippen LogP) is 2.70. The molecule has 26 heavy (non-hydrogen) atoms. The number of allylic oxidation sites excluding steroid dienone is 1. The first-order chi connectivity index (χ1) is 12.7. The van der Waals surface area contributed by atoms with Crippen molar-refractivity contribution in [1.82, 2.24) is 15.2 Å². The fourth-order valence-electron chi connectivity index (χ4n) is 3.10. The first kappa shape index (κ1) is 15.7. The van der Waals surface area contributed by atoms with Gasteiger partial charge in [-0.3, -0.25) is 10.1 Å². The average molecular weight is 345 g/mol. The van der Waals surface area contributed by atoms with E-state index in [0.717, 1.165) is 28.1 Å². The molecular weight excluding hydrogens is 330 g/mol. The summed E-state index contributed by atoms with van der Waals surface area (Å²) in [4.78, 5) is 4.18. The number of pyridine rings is 1. The number of rotatable bonds is 3. The van der Waals surface area contributed by atoms with E-state index in [0.29, 0.717) is 11.5 Å². The monoisotopic (exact) mass is 345 g/mol. The molecular formula is C19H15N5O2. The lowest BCUT2D eigenvalue weighted by Crippen LogP contribution is -2.21. The Kier molecular flexibility index (Phi) is 3.78. The summed E-state index contributed by atoms with van der Waals surface area (Å²) in [6.45, 7) is 0. The predicted molar refractivity (Wildman–Crippen MR) is 94.1 cm³/mol. The molecule has 3 N–H and O–H groups in total. The van der Waals surface area contributed by atoms with Crippen LogP contribution in [0.5, 0.6) is 11.6 Å². The number of nitrogens with zero attached hydrogens (tertiary/aromatic N) is 3. The van der Waals surface area contributed by atoms with Gasteiger partial charge in [0.1, 0.15) is 17.4 Å². The Balaban J connectivity index is 1.90. The molecule has 0 spiro atoms. The average Bonchev–Trinajstić information content (AvgIpc) is 3.11. The van der Waals surface area contributed by atoms with Crippen LogP contribution < -0.4 is 15.2 Å². The van der Waals surface area contributed by atoms with Crippen molar-refractivity contribution >= 4 is 0 Å². The third kappa shape index (κ3) is 2.45. The molecule has 1 aromatic carbocycles. The van der Waals surface area contributed by atoms with E-state index in [-0.39, 0.29) is 5.88 Å². The number of aromatic amines is 1. The molecule has 1 aliphatic rings. The van der Waals surface area contributed by atoms with Crippen molar-refractivity contribution in [1.29, 1.82) is 5.26 Å². The Hall–Kier alpha value is -3.79. The van der Waals surface area contributed by atoms with Gasteiger partial charge in [-0.05, 0) is 35.9 Å². The van der Waals surface area contributed by atoms with Crippen molar-refractivity contribution in [2.45, 2.75) is 5.92 Å². The van der Waals surface area contributed by atoms with Crippen LogP contribution in [0, 0.1) is 11.3 Å². The zero-order chi connectivity index (χ0) is 18.1. The zero-order valence-electron chi connectivity index (χ0n) is 13.9. The minimum atomic E-state index is -0.409. The topological polar surface area (TPSA) is 110 Å². The summed E-state index contributed by atoms with van der Waals surface area (Å²) in [5.74, 6) is 0.764. The first-order valence-electron chi connectivity index (χ1n) is 7.93. The van der Waals surface area contributed by atoms with Crippen LogP contribution in [0.1, 0.15) is 17.0 Å². The molecule has 1 aliphatic heterocycles. The molecule has 3 aromatic rings. The minimum Gasteiger partial charge on any atom is -0.497 e. The van der Waals surface area contributed by atoms with Crippen molar-refractivity contribution in [2.75, 3.05) is 7.11 Å². The molecule has 0 unspecified atom stereocenters. The summed E-state index contributed by atoms with van der Waals surface area (Å²) in [7, 11) is 1.62. The second-order valence-corrected chi connectivity index (χ2v) is 5.76. The molecule has 1 atom stereocenters. The van der Waals surface area contributed by atoms with E-state index in [4.69, 9.17) is 15.2 Å². The standard InChI is InChI=1S/C19H15N5O2/c1-25-13-6-4-11(5-7-13)17-16-15(12-3-2-8-22-10-12)14(9-20)18(21)26-19(16)24-23-17/h2-8,10,15H,21H2,1H3,(H,23,24)/t15-/m0/s1. The van der Waals surface area contributed by atoms with Crippen LogP contribution >= 0.6 is 0 Å². The molecule has 0 bridgehead atoms. The van der Waals surface area contributed by atoms with Gasteiger partial charge in [0.25, 0.3) is 0 Å². The highest BCUT2D eigenvalue weighted by Gasteiger charge is 2.35. The Bertz CT molecular complexity index is 1020. The van der Waals surface area contributed by atoms with Gasteiger partial charge >= 0.3 is 0 Å². The Morgan fingerprint density at radius 1 is 1.27 bits per heavy atom. The summed E-state index contributed by atoms with van der Waals surface area (Å²) in [6, 6.07) is 13.5. The highest BCUT2D eigenvalue weighted by Crippen LogP contribution is 2.45. The van der Waals surface area contributed by atoms with Gasteiger partial charge in [-0.15, -0.1) is 5.10 Å². The Labute approximate surface area is 149 Å². The SMILES string of the molecule is COc1ccc(-c2[nH]nc3c2[C@@H](c2cccnc2)C(C#N)=C(N)O3)cc1. The maximum Gasteiger partial charge on any atom is 0.244 e. The van der Waals surface area contributed by atoms with E-state index in [1.165, 1.54) is 0 Å². The van der Waals surface area contributed by atoms with Crippen molar-refractivity contribution in [3.63, 3.8) is 0 Å². The molecule has 0 saturated carbocycles. The third-order valence-corrected chi connectivity index (χ3v) is 4.34. The molecule has 7 nitrogen and oxygen atoms in total. The molecule has 2 aromatic heterocycles. The number of fused-ring (bicyclic) bond motifs is 1. The first-order valence-corrected chi connectivity index (χ1v) is 7.93. The van der Waals surface area contributed by atoms with Crippen LogP contribution in [0.2, 0.25) is 0 Å². The van der Waals surface area contributed by atoms with Crippen molar-refractivity contribution in [3.8, 4) is 29.0 Å². The number of methoxy groups -OCH3 is 1. The van der Waals surface area contributed by atoms with E-state index >= 15 is 0 Å². The van der Waals surface area contributed by atoms with Gasteiger partial charge in [0, 0.05) is 18.0 Å². The van der Waals surface area contributed by atoms with Gasteiger partial charge in [-0.25, -0.2) is 0 Å². The van der Waals surface area contributed by atoms with Gasteiger partial charge in [0.15, 0.2) is 0 Å². The van der Waals surface area contributed by atoms with Crippen LogP contribution in [0.4, 0.5) is 0 Å². The minimum absolute atomic E-state index is 0.0571. The largest absolute Gasteiger partial charge is 0.497 e. The summed E-state index contributed by atoms with van der Waals surface area (Å²) in [6.07, 6.45) is 3.40. The number of nitrogens with two attached hydrogens (primary N) is 1. The number of benzene rings is 1. The summed E-state index contributed by atoms with van der Waals surface area (Å²) < 4.78 is 10.8. The lowest BCUT2D eigenvalue weighted by atomic mass is 9.84. The van der Waals surface area contributed by atoms with Crippen LogP contribution in [-0.2, 0) is 0 Å². The van der Waals surface area contributed by atoms with Gasteiger partial charge in [-0.2, -0.15) is 5.26 Å². The summed E-state index contributed by atoms with van der Waals surface area (Å²) in [5.41, 5.74) is 9.55. The molecule has 7 heteroatoms. The molecule has 3 heterocycles. The van der Waals surface area contributed by atoms with Crippen molar-refractivity contribution < 1.29 is 9.47 Å². The summed E-state index contributed by atoms with van der Waals surface area (Å²) >= 11 is 0. The van der Waals surface area contributed by atoms with Gasteiger partial charge in [0.05, 0.1) is 24.3 Å². The lowest BCUT2D eigenvalue weighted by Gasteiger charge is -2.23. The van der Waals surface area contributed by atoms with E-state index in [9.17, 15) is 5.26 Å². The number of H-pyrrole nitrogens is 1. The van der Waals surface area contributed by atoms with Crippen LogP contribution in [0.3, 0.4) is 0 Å². The number of hydrogen-bond acceptors (Lipinski definition) is 6. The lowest BCUT2D eigenvalue weighted by molar-refractivity contribution is 0.379. The fourth-order valence-corrected chi connectivity index (χ4v) is 3.10. The number of ether oxygens (including phenoxy) is 2. The van der Waals surface area contributed by atoms with Crippen LogP contribution in [0.25, 0.3) is 11.3 Å². The van der Waals surface area contributed by atoms with Gasteiger partial charge in [-0.1, -0.05) is 6.07 Å². The molecule has 0 radical (unpaired) electrons. The molecule has 128 valence electrons. The maximum absolute atomic E-state index is 9.65. The number of nitrogens with one attached hydrogen (secondary N) is 1. The number of hydrogen-bond donors (Lipinski definition) is 2. The Morgan fingerprint density at radius 2 is 2.08 bits per heavy atom. The molecule has 4 rings (SSSR count). The number of aromatic nitrogens is 3. The van der Waals surface area contributed by atoms with Crippen LogP contribution in [-0.4, -0.2) is 22.3 Å². The van der Waals surface area contributed by atoms with E-state index in [1.807, 2.05) is 36.4 Å². The second kappa shape index (κ2) is 6.26. The van der Waals surface area contributed by atoms with Crippen molar-refractivity contribution in [2.24, 2.45) is 5.73 Å². The highest BCUT2D eigenvalue weighted by atomic mass is 16.5. The zero-order valence-corrected chi connectivity index (χ0v) is 13.9. The highest BCUT2D eigenvalue weighted by molar-refractivity contribution is 5.71. The Morgan fingerprint density at radius 3 is 2.73 bits per heavy atom. The smallest absolute Gasteiger partial charge is 0.244 e. The maximum atomic E-state index is 9.65. The fraction of sp³-hybridized carbons (Fsp3) is 0.105. The van der Waals surface area contributed by atoms with E-state index in [1.54, 1.807) is 19.5 Å². The second-order valence-electron chi connectivity index (χ2n) is 5.76. The van der Waals surface area contributed by atoms with Crippen molar-refractivity contribution in [3.05, 3.63) is 71.4 Å². The van der Waals surface area contributed by atoms with Gasteiger partial charge < -0.3 is 15.2 Å². The molecule has 0 fully saturated rings. The quantitative estimate of drug-likeness (QED) is 0.755. The van der Waals surface area contributed by atoms with Gasteiger partial charge in [0.2, 0.25) is 11.8 Å². The van der Waals surface area contributed by atoms with Crippen LogP contribution in [0.15, 0.2) is 60.2 Å². The van der Waals surface area contributed by atoms with E-state index < -0.39 is 5.92 Å². The molecule has 0 amide bonds. The third-order valence-electron chi connectivity index (χ3n) is 4.34.